The maximum absolute atomic E-state index is 12.7. The molecule has 0 aromatic carbocycles. The fourth-order valence-corrected chi connectivity index (χ4v) is 0.676. The molecule has 5 heteroatoms. The summed E-state index contributed by atoms with van der Waals surface area (Å²) in [4.78, 5) is 6.94. The van der Waals surface area contributed by atoms with Crippen LogP contribution in [0.3, 0.4) is 0 Å². The van der Waals surface area contributed by atoms with E-state index in [1.807, 2.05) is 0 Å². The van der Waals surface area contributed by atoms with Gasteiger partial charge in [0.2, 0.25) is 11.8 Å². The Labute approximate surface area is 69.6 Å². The van der Waals surface area contributed by atoms with Crippen molar-refractivity contribution in [3.63, 3.8) is 0 Å². The molecule has 4 nitrogen and oxygen atoms in total. The molecule has 0 bridgehead atoms. The van der Waals surface area contributed by atoms with Crippen molar-refractivity contribution in [2.24, 2.45) is 0 Å². The molecule has 12 heavy (non-hydrogen) atoms. The minimum Gasteiger partial charge on any atom is -0.473 e. The molecule has 0 aliphatic rings. The Kier molecular flexibility index (Phi) is 2.42. The Morgan fingerprint density at radius 2 is 2.17 bits per heavy atom. The minimum absolute atomic E-state index is 0.0819. The summed E-state index contributed by atoms with van der Waals surface area (Å²) in [7, 11) is 0. The van der Waals surface area contributed by atoms with Crippen LogP contribution in [0.1, 0.15) is 13.8 Å². The fraction of sp³-hybridized carbons (Fsp3) is 0.429. The van der Waals surface area contributed by atoms with Crippen molar-refractivity contribution in [2.45, 2.75) is 20.0 Å². The highest BCUT2D eigenvalue weighted by Crippen LogP contribution is 2.19. The third kappa shape index (κ3) is 1.81. The summed E-state index contributed by atoms with van der Waals surface area (Å²) in [6.45, 7) is 3.61. The van der Waals surface area contributed by atoms with Gasteiger partial charge in [0.1, 0.15) is 6.33 Å². The molecule has 0 saturated carbocycles. The number of rotatable bonds is 2. The standard InChI is InChI=1S/C7H10FN3O/c1-4(2)12-7-5(9)6(8)10-3-11-7/h3-4H,9H2,1-2H3. The predicted octanol–water partition coefficient (Wildman–Crippen LogP) is 0.985. The molecule has 0 atom stereocenters. The Hall–Kier alpha value is -1.39. The van der Waals surface area contributed by atoms with Gasteiger partial charge in [-0.3, -0.25) is 0 Å². The van der Waals surface area contributed by atoms with E-state index in [0.717, 1.165) is 6.33 Å². The lowest BCUT2D eigenvalue weighted by molar-refractivity contribution is 0.232. The monoisotopic (exact) mass is 171 g/mol. The zero-order chi connectivity index (χ0) is 9.14. The van der Waals surface area contributed by atoms with Crippen LogP contribution in [0.2, 0.25) is 0 Å². The first kappa shape index (κ1) is 8.70. The van der Waals surface area contributed by atoms with Gasteiger partial charge >= 0.3 is 0 Å². The SMILES string of the molecule is CC(C)Oc1ncnc(F)c1N. The summed E-state index contributed by atoms with van der Waals surface area (Å²) in [5.74, 6) is -0.654. The molecule has 0 aliphatic heterocycles. The summed E-state index contributed by atoms with van der Waals surface area (Å²) in [6.07, 6.45) is 0.991. The second-order valence-electron chi connectivity index (χ2n) is 2.55. The summed E-state index contributed by atoms with van der Waals surface area (Å²) in [5.41, 5.74) is 5.16. The summed E-state index contributed by atoms with van der Waals surface area (Å²) in [5, 5.41) is 0. The first-order valence-corrected chi connectivity index (χ1v) is 3.54. The van der Waals surface area contributed by atoms with Crippen LogP contribution in [-0.4, -0.2) is 16.1 Å². The second kappa shape index (κ2) is 3.34. The molecule has 1 aromatic heterocycles. The van der Waals surface area contributed by atoms with Crippen LogP contribution in [0.5, 0.6) is 5.88 Å². The third-order valence-corrected chi connectivity index (χ3v) is 1.15. The summed E-state index contributed by atoms with van der Waals surface area (Å²) >= 11 is 0. The van der Waals surface area contributed by atoms with Gasteiger partial charge in [0, 0.05) is 0 Å². The number of hydrogen-bond acceptors (Lipinski definition) is 4. The molecule has 0 aliphatic carbocycles. The van der Waals surface area contributed by atoms with Crippen molar-refractivity contribution >= 4 is 5.69 Å². The number of nitrogens with zero attached hydrogens (tertiary/aromatic N) is 2. The lowest BCUT2D eigenvalue weighted by Gasteiger charge is -2.09. The molecule has 1 rings (SSSR count). The molecule has 1 aromatic rings. The van der Waals surface area contributed by atoms with Crippen molar-refractivity contribution in [1.29, 1.82) is 0 Å². The van der Waals surface area contributed by atoms with Gasteiger partial charge in [0.05, 0.1) is 6.10 Å². The van der Waals surface area contributed by atoms with E-state index in [1.54, 1.807) is 13.8 Å². The van der Waals surface area contributed by atoms with Gasteiger partial charge in [-0.15, -0.1) is 0 Å². The third-order valence-electron chi connectivity index (χ3n) is 1.15. The molecule has 1 heterocycles. The topological polar surface area (TPSA) is 61.0 Å². The van der Waals surface area contributed by atoms with Gasteiger partial charge in [0.15, 0.2) is 5.69 Å². The summed E-state index contributed by atoms with van der Waals surface area (Å²) < 4.78 is 17.8. The van der Waals surface area contributed by atoms with Gasteiger partial charge in [-0.05, 0) is 13.8 Å². The molecule has 0 radical (unpaired) electrons. The molecule has 0 spiro atoms. The average Bonchev–Trinajstić information content (AvgIpc) is 1.98. The van der Waals surface area contributed by atoms with Gasteiger partial charge in [0.25, 0.3) is 0 Å². The maximum Gasteiger partial charge on any atom is 0.243 e. The highest BCUT2D eigenvalue weighted by atomic mass is 19.1. The lowest BCUT2D eigenvalue weighted by atomic mass is 10.4. The Bertz CT molecular complexity index is 277. The normalized spacial score (nSPS) is 10.3. The van der Waals surface area contributed by atoms with E-state index < -0.39 is 5.95 Å². The smallest absolute Gasteiger partial charge is 0.243 e. The van der Waals surface area contributed by atoms with E-state index in [1.165, 1.54) is 0 Å². The number of halogens is 1. The quantitative estimate of drug-likeness (QED) is 0.674. The average molecular weight is 171 g/mol. The van der Waals surface area contributed by atoms with Gasteiger partial charge in [-0.25, -0.2) is 4.98 Å². The van der Waals surface area contributed by atoms with E-state index in [2.05, 4.69) is 9.97 Å². The zero-order valence-electron chi connectivity index (χ0n) is 6.91. The number of hydrogen-bond donors (Lipinski definition) is 1. The van der Waals surface area contributed by atoms with Crippen LogP contribution in [-0.2, 0) is 0 Å². The van der Waals surface area contributed by atoms with Gasteiger partial charge in [-0.1, -0.05) is 0 Å². The van der Waals surface area contributed by atoms with E-state index >= 15 is 0 Å². The second-order valence-corrected chi connectivity index (χ2v) is 2.55. The zero-order valence-corrected chi connectivity index (χ0v) is 6.91. The van der Waals surface area contributed by atoms with Gasteiger partial charge in [-0.2, -0.15) is 9.37 Å². The molecule has 0 unspecified atom stereocenters. The Morgan fingerprint density at radius 1 is 1.50 bits per heavy atom. The highest BCUT2D eigenvalue weighted by molar-refractivity contribution is 5.46. The minimum atomic E-state index is -0.749. The first-order chi connectivity index (χ1) is 5.61. The first-order valence-electron chi connectivity index (χ1n) is 3.54. The van der Waals surface area contributed by atoms with E-state index in [-0.39, 0.29) is 17.7 Å². The number of nitrogen functional groups attached to an aromatic ring is 1. The molecule has 0 saturated heterocycles. The fourth-order valence-electron chi connectivity index (χ4n) is 0.676. The number of aromatic nitrogens is 2. The Morgan fingerprint density at radius 3 is 2.75 bits per heavy atom. The van der Waals surface area contributed by atoms with Crippen molar-refractivity contribution < 1.29 is 9.13 Å². The van der Waals surface area contributed by atoms with E-state index in [4.69, 9.17) is 10.5 Å². The van der Waals surface area contributed by atoms with Crippen LogP contribution in [0.25, 0.3) is 0 Å². The van der Waals surface area contributed by atoms with Gasteiger partial charge < -0.3 is 10.5 Å². The largest absolute Gasteiger partial charge is 0.473 e. The van der Waals surface area contributed by atoms with Crippen molar-refractivity contribution in [3.8, 4) is 5.88 Å². The maximum atomic E-state index is 12.7. The molecule has 0 fully saturated rings. The Balaban J connectivity index is 2.92. The lowest BCUT2D eigenvalue weighted by Crippen LogP contribution is -2.10. The van der Waals surface area contributed by atoms with Crippen LogP contribution in [0.4, 0.5) is 10.1 Å². The van der Waals surface area contributed by atoms with Crippen molar-refractivity contribution in [3.05, 3.63) is 12.3 Å². The highest BCUT2D eigenvalue weighted by Gasteiger charge is 2.09. The van der Waals surface area contributed by atoms with Crippen LogP contribution < -0.4 is 10.5 Å². The van der Waals surface area contributed by atoms with E-state index in [9.17, 15) is 4.39 Å². The number of nitrogens with two attached hydrogens (primary N) is 1. The molecular formula is C7H10FN3O. The van der Waals surface area contributed by atoms with Crippen molar-refractivity contribution in [2.75, 3.05) is 5.73 Å². The number of ether oxygens (including phenoxy) is 1. The molecular weight excluding hydrogens is 161 g/mol. The number of anilines is 1. The molecule has 66 valence electrons. The van der Waals surface area contributed by atoms with Crippen LogP contribution in [0, 0.1) is 5.95 Å². The van der Waals surface area contributed by atoms with Crippen LogP contribution in [0.15, 0.2) is 6.33 Å². The molecule has 2 N–H and O–H groups in total. The summed E-state index contributed by atoms with van der Waals surface area (Å²) in [6, 6.07) is 0. The van der Waals surface area contributed by atoms with Crippen molar-refractivity contribution in [1.82, 2.24) is 9.97 Å². The molecule has 0 amide bonds. The van der Waals surface area contributed by atoms with E-state index in [0.29, 0.717) is 0 Å². The predicted molar refractivity (Wildman–Crippen MR) is 42.2 cm³/mol. The van der Waals surface area contributed by atoms with Crippen LogP contribution >= 0.6 is 0 Å².